The summed E-state index contributed by atoms with van der Waals surface area (Å²) in [5, 5.41) is 39.4. The molecule has 134 valence electrons. The van der Waals surface area contributed by atoms with Crippen molar-refractivity contribution in [2.45, 2.75) is 24.4 Å². The van der Waals surface area contributed by atoms with Crippen LogP contribution in [0.5, 0.6) is 0 Å². The second kappa shape index (κ2) is 8.04. The molecular formula is C17H20N2O6. The number of aliphatic hydroxyl groups is 4. The van der Waals surface area contributed by atoms with E-state index in [2.05, 4.69) is 11.6 Å². The zero-order valence-electron chi connectivity index (χ0n) is 14.2. The molecule has 0 unspecified atom stereocenters. The molecule has 0 amide bonds. The lowest BCUT2D eigenvalue weighted by molar-refractivity contribution is -0.117. The number of carbonyl (C=O) groups excluding carboxylic acids is 1. The van der Waals surface area contributed by atoms with Gasteiger partial charge in [0.25, 0.3) is 5.56 Å². The molecule has 0 bridgehead atoms. The largest absolute Gasteiger partial charge is 0.394 e. The molecule has 0 saturated carbocycles. The van der Waals surface area contributed by atoms with E-state index in [1.54, 1.807) is 12.1 Å². The minimum absolute atomic E-state index is 0.168. The molecule has 25 heavy (non-hydrogen) atoms. The molecule has 0 aliphatic rings. The van der Waals surface area contributed by atoms with Crippen molar-refractivity contribution in [2.75, 3.05) is 11.9 Å². The number of rotatable bonds is 8. The van der Waals surface area contributed by atoms with Crippen molar-refractivity contribution >= 4 is 29.0 Å². The lowest BCUT2D eigenvalue weighted by Crippen LogP contribution is -2.49. The van der Waals surface area contributed by atoms with Crippen molar-refractivity contribution in [1.82, 2.24) is 4.98 Å². The van der Waals surface area contributed by atoms with Crippen LogP contribution in [0.2, 0.25) is 1.41 Å². The average Bonchev–Trinajstić information content (AvgIpc) is 2.65. The number of aliphatic hydroxyl groups excluding tert-OH is 4. The number of aromatic nitrogens is 1. The van der Waals surface area contributed by atoms with E-state index in [9.17, 15) is 24.9 Å². The Morgan fingerprint density at radius 1 is 1.28 bits per heavy atom. The standard InChI is InChI=1S/C17H20N2O6/c1-2-9-5-10-3-4-11(6-12(10)19-17(9)25)18-13(7-20)15(23)16(24)14(22)8-21/h2-7,13-16,18,21-24H,1,8H2,(H,19,25)/t13-,14+,15+,16+/m0/s1/i/hD. The molecule has 0 aliphatic heterocycles. The molecule has 0 fully saturated rings. The van der Waals surface area contributed by atoms with E-state index >= 15 is 0 Å². The van der Waals surface area contributed by atoms with E-state index in [0.29, 0.717) is 21.8 Å². The van der Waals surface area contributed by atoms with Crippen molar-refractivity contribution in [3.05, 3.63) is 46.8 Å². The number of nitrogens with one attached hydrogen (secondary N) is 2. The Labute approximate surface area is 144 Å². The minimum atomic E-state index is -1.82. The van der Waals surface area contributed by atoms with Crippen molar-refractivity contribution in [2.24, 2.45) is 0 Å². The minimum Gasteiger partial charge on any atom is -0.394 e. The quantitative estimate of drug-likeness (QED) is 0.343. The molecule has 0 spiro atoms. The fraction of sp³-hybridized carbons (Fsp3) is 0.294. The second-order valence-corrected chi connectivity index (χ2v) is 5.52. The normalized spacial score (nSPS) is 16.6. The molecule has 1 aromatic heterocycles. The van der Waals surface area contributed by atoms with E-state index in [0.717, 1.165) is 0 Å². The molecule has 8 heteroatoms. The van der Waals surface area contributed by atoms with Crippen LogP contribution in [0.1, 0.15) is 5.56 Å². The van der Waals surface area contributed by atoms with Gasteiger partial charge < -0.3 is 35.5 Å². The topological polar surface area (TPSA) is 143 Å². The fourth-order valence-corrected chi connectivity index (χ4v) is 2.33. The number of fused-ring (bicyclic) bond motifs is 1. The number of aromatic amines is 1. The van der Waals surface area contributed by atoms with Crippen LogP contribution in [0.3, 0.4) is 0 Å². The van der Waals surface area contributed by atoms with Gasteiger partial charge in [-0.25, -0.2) is 0 Å². The molecule has 1 aromatic carbocycles. The highest BCUT2D eigenvalue weighted by molar-refractivity contribution is 5.84. The first-order valence-corrected chi connectivity index (χ1v) is 7.52. The molecule has 6 N–H and O–H groups in total. The van der Waals surface area contributed by atoms with Gasteiger partial charge in [-0.1, -0.05) is 18.7 Å². The smallest absolute Gasteiger partial charge is 0.255 e. The van der Waals surface area contributed by atoms with E-state index in [-0.39, 0.29) is 17.5 Å². The summed E-state index contributed by atoms with van der Waals surface area (Å²) >= 11 is 0. The maximum atomic E-state index is 11.9. The molecule has 0 radical (unpaired) electrons. The molecular weight excluding hydrogens is 328 g/mol. The van der Waals surface area contributed by atoms with Gasteiger partial charge in [-0.3, -0.25) is 4.79 Å². The number of pyridine rings is 1. The van der Waals surface area contributed by atoms with Crippen LogP contribution in [-0.4, -0.2) is 62.7 Å². The average molecular weight is 349 g/mol. The van der Waals surface area contributed by atoms with Crippen LogP contribution in [0.15, 0.2) is 35.6 Å². The zero-order chi connectivity index (χ0) is 19.4. The highest BCUT2D eigenvalue weighted by Crippen LogP contribution is 2.19. The highest BCUT2D eigenvalue weighted by atomic mass is 16.4. The van der Waals surface area contributed by atoms with E-state index in [1.165, 1.54) is 18.2 Å². The van der Waals surface area contributed by atoms with Crippen LogP contribution in [0, 0.1) is 0 Å². The molecule has 8 nitrogen and oxygen atoms in total. The molecule has 1 heterocycles. The van der Waals surface area contributed by atoms with Gasteiger partial charge in [0.15, 0.2) is 1.41 Å². The Hall–Kier alpha value is -2.52. The van der Waals surface area contributed by atoms with Crippen LogP contribution < -0.4 is 10.9 Å². The summed E-state index contributed by atoms with van der Waals surface area (Å²) in [5.41, 5.74) is 0.594. The second-order valence-electron chi connectivity index (χ2n) is 5.52. The Kier molecular flexibility index (Phi) is 5.56. The summed E-state index contributed by atoms with van der Waals surface area (Å²) in [6, 6.07) is 4.66. The predicted octanol–water partition coefficient (Wildman–Crippen LogP) is -0.774. The third-order valence-corrected chi connectivity index (χ3v) is 3.80. The lowest BCUT2D eigenvalue weighted by atomic mass is 10.0. The van der Waals surface area contributed by atoms with Gasteiger partial charge in [0.1, 0.15) is 30.6 Å². The van der Waals surface area contributed by atoms with E-state index in [4.69, 9.17) is 6.52 Å². The molecule has 0 aliphatic carbocycles. The van der Waals surface area contributed by atoms with Crippen LogP contribution >= 0.6 is 0 Å². The highest BCUT2D eigenvalue weighted by Gasteiger charge is 2.31. The Balaban J connectivity index is 2.37. The number of benzene rings is 1. The van der Waals surface area contributed by atoms with Crippen LogP contribution in [0.4, 0.5) is 5.69 Å². The summed E-state index contributed by atoms with van der Waals surface area (Å²) in [6.07, 6.45) is -3.64. The summed E-state index contributed by atoms with van der Waals surface area (Å²) in [5.74, 6) is 0. The van der Waals surface area contributed by atoms with Crippen molar-refractivity contribution in [3.8, 4) is 0 Å². The summed E-state index contributed by atoms with van der Waals surface area (Å²) in [4.78, 5) is 25.8. The first-order valence-electron chi connectivity index (χ1n) is 7.96. The van der Waals surface area contributed by atoms with Crippen molar-refractivity contribution in [3.63, 3.8) is 0 Å². The Morgan fingerprint density at radius 3 is 2.60 bits per heavy atom. The van der Waals surface area contributed by atoms with Gasteiger partial charge in [-0.05, 0) is 23.6 Å². The SMILES string of the molecule is [2H]N(c1ccc2cc(C=C)c(=O)[nH]c2c1)[C@@H](C=O)[C@@H](O)[C@H](O)[C@H](O)CO. The van der Waals surface area contributed by atoms with Gasteiger partial charge in [0.05, 0.1) is 12.1 Å². The van der Waals surface area contributed by atoms with E-state index in [1.807, 2.05) is 0 Å². The van der Waals surface area contributed by atoms with Gasteiger partial charge in [0.2, 0.25) is 0 Å². The molecule has 4 atom stereocenters. The molecule has 2 rings (SSSR count). The number of hydrogen-bond acceptors (Lipinski definition) is 7. The number of carbonyl (C=O) groups is 1. The van der Waals surface area contributed by atoms with Gasteiger partial charge in [-0.15, -0.1) is 0 Å². The summed E-state index contributed by atoms with van der Waals surface area (Å²) < 4.78 is 8.08. The van der Waals surface area contributed by atoms with E-state index < -0.39 is 31.0 Å². The number of hydrogen-bond donors (Lipinski definition) is 6. The molecule has 0 saturated heterocycles. The monoisotopic (exact) mass is 349 g/mol. The zero-order valence-corrected chi connectivity index (χ0v) is 13.2. The number of anilines is 1. The van der Waals surface area contributed by atoms with Crippen molar-refractivity contribution < 1.29 is 26.6 Å². The lowest BCUT2D eigenvalue weighted by Gasteiger charge is -2.26. The summed E-state index contributed by atoms with van der Waals surface area (Å²) in [6.45, 7) is 2.73. The first kappa shape index (κ1) is 17.3. The summed E-state index contributed by atoms with van der Waals surface area (Å²) in [7, 11) is 0. The maximum Gasteiger partial charge on any atom is 0.255 e. The third kappa shape index (κ3) is 4.12. The van der Waals surface area contributed by atoms with Crippen LogP contribution in [-0.2, 0) is 4.79 Å². The van der Waals surface area contributed by atoms with Gasteiger partial charge in [-0.2, -0.15) is 0 Å². The Morgan fingerprint density at radius 2 is 2.00 bits per heavy atom. The van der Waals surface area contributed by atoms with Crippen LogP contribution in [0.25, 0.3) is 17.0 Å². The predicted molar refractivity (Wildman–Crippen MR) is 93.2 cm³/mol. The Bertz CT molecular complexity index is 855. The first-order chi connectivity index (χ1) is 12.3. The maximum absolute atomic E-state index is 11.9. The number of H-pyrrole nitrogens is 1. The van der Waals surface area contributed by atoms with Gasteiger partial charge >= 0.3 is 0 Å². The fourth-order valence-electron chi connectivity index (χ4n) is 2.33. The van der Waals surface area contributed by atoms with Gasteiger partial charge in [0, 0.05) is 11.3 Å². The number of aldehydes is 1. The van der Waals surface area contributed by atoms with Crippen molar-refractivity contribution in [1.29, 1.82) is 0 Å². The molecule has 2 aromatic rings. The third-order valence-electron chi connectivity index (χ3n) is 3.80.